The first kappa shape index (κ1) is 11.0. The topological polar surface area (TPSA) is 48.1 Å². The molecule has 2 rings (SSSR count). The number of aryl methyl sites for hydroxylation is 2. The monoisotopic (exact) mass is 234 g/mol. The van der Waals surface area contributed by atoms with Crippen molar-refractivity contribution in [2.75, 3.05) is 5.73 Å². The lowest BCUT2D eigenvalue weighted by Gasteiger charge is -2.08. The number of aromatic nitrogens is 1. The number of hydrogen-bond donors (Lipinski definition) is 1. The third kappa shape index (κ3) is 2.52. The minimum absolute atomic E-state index is 0.470. The van der Waals surface area contributed by atoms with E-state index in [0.717, 1.165) is 17.0 Å². The van der Waals surface area contributed by atoms with Gasteiger partial charge in [0.05, 0.1) is 5.69 Å². The molecular formula is C12H14N2OS. The van der Waals surface area contributed by atoms with Crippen LogP contribution in [0.1, 0.15) is 16.8 Å². The molecule has 0 saturated carbocycles. The van der Waals surface area contributed by atoms with Gasteiger partial charge in [-0.3, -0.25) is 0 Å². The molecule has 2 aromatic rings. The normalized spacial score (nSPS) is 10.4. The maximum atomic E-state index is 5.68. The molecule has 0 aliphatic heterocycles. The first-order chi connectivity index (χ1) is 7.65. The number of rotatable bonds is 3. The zero-order valence-electron chi connectivity index (χ0n) is 9.36. The summed E-state index contributed by atoms with van der Waals surface area (Å²) >= 11 is 1.43. The average molecular weight is 234 g/mol. The molecule has 16 heavy (non-hydrogen) atoms. The molecule has 2 N–H and O–H groups in total. The number of nitrogen functional groups attached to an aromatic ring is 1. The first-order valence-electron chi connectivity index (χ1n) is 5.05. The predicted octanol–water partition coefficient (Wildman–Crippen LogP) is 2.92. The van der Waals surface area contributed by atoms with Crippen LogP contribution in [0.3, 0.4) is 0 Å². The molecule has 0 amide bonds. The fourth-order valence-electron chi connectivity index (χ4n) is 1.50. The minimum Gasteiger partial charge on any atom is -0.487 e. The summed E-state index contributed by atoms with van der Waals surface area (Å²) in [6, 6.07) is 6.13. The number of nitrogens with two attached hydrogens (primary N) is 1. The molecule has 4 heteroatoms. The SMILES string of the molecule is Cc1ccc(OCc2csc(N)n2)c(C)c1. The highest BCUT2D eigenvalue weighted by molar-refractivity contribution is 7.13. The van der Waals surface area contributed by atoms with E-state index >= 15 is 0 Å². The van der Waals surface area contributed by atoms with Crippen molar-refractivity contribution in [3.05, 3.63) is 40.4 Å². The van der Waals surface area contributed by atoms with Gasteiger partial charge in [0.2, 0.25) is 0 Å². The van der Waals surface area contributed by atoms with Crippen molar-refractivity contribution in [2.24, 2.45) is 0 Å². The van der Waals surface area contributed by atoms with Crippen LogP contribution in [0.5, 0.6) is 5.75 Å². The van der Waals surface area contributed by atoms with Gasteiger partial charge in [-0.15, -0.1) is 11.3 Å². The number of anilines is 1. The summed E-state index contributed by atoms with van der Waals surface area (Å²) in [5, 5.41) is 2.50. The zero-order valence-corrected chi connectivity index (χ0v) is 10.2. The number of ether oxygens (including phenoxy) is 1. The van der Waals surface area contributed by atoms with Crippen LogP contribution < -0.4 is 10.5 Å². The van der Waals surface area contributed by atoms with E-state index in [9.17, 15) is 0 Å². The Bertz CT molecular complexity index is 494. The van der Waals surface area contributed by atoms with Crippen LogP contribution in [0.25, 0.3) is 0 Å². The molecule has 1 aromatic heterocycles. The second-order valence-corrected chi connectivity index (χ2v) is 4.62. The van der Waals surface area contributed by atoms with Gasteiger partial charge in [-0.25, -0.2) is 4.98 Å². The number of hydrogen-bond acceptors (Lipinski definition) is 4. The van der Waals surface area contributed by atoms with Gasteiger partial charge in [0, 0.05) is 5.38 Å². The lowest BCUT2D eigenvalue weighted by molar-refractivity contribution is 0.300. The van der Waals surface area contributed by atoms with E-state index in [4.69, 9.17) is 10.5 Å². The van der Waals surface area contributed by atoms with Crippen molar-refractivity contribution < 1.29 is 4.74 Å². The Morgan fingerprint density at radius 1 is 1.38 bits per heavy atom. The van der Waals surface area contributed by atoms with Crippen molar-refractivity contribution >= 4 is 16.5 Å². The molecule has 0 radical (unpaired) electrons. The Morgan fingerprint density at radius 2 is 2.19 bits per heavy atom. The first-order valence-corrected chi connectivity index (χ1v) is 5.93. The van der Waals surface area contributed by atoms with Crippen LogP contribution >= 0.6 is 11.3 Å². The largest absolute Gasteiger partial charge is 0.487 e. The van der Waals surface area contributed by atoms with Crippen molar-refractivity contribution in [3.8, 4) is 5.75 Å². The van der Waals surface area contributed by atoms with Crippen LogP contribution in [0.2, 0.25) is 0 Å². The standard InChI is InChI=1S/C12H14N2OS/c1-8-3-4-11(9(2)5-8)15-6-10-7-16-12(13)14-10/h3-5,7H,6H2,1-2H3,(H2,13,14). The van der Waals surface area contributed by atoms with Crippen LogP contribution in [0.4, 0.5) is 5.13 Å². The van der Waals surface area contributed by atoms with Gasteiger partial charge in [0.1, 0.15) is 12.4 Å². The Balaban J connectivity index is 2.04. The second kappa shape index (κ2) is 4.53. The summed E-state index contributed by atoms with van der Waals surface area (Å²) in [6.07, 6.45) is 0. The summed E-state index contributed by atoms with van der Waals surface area (Å²) in [5.74, 6) is 0.900. The van der Waals surface area contributed by atoms with E-state index in [2.05, 4.69) is 18.0 Å². The van der Waals surface area contributed by atoms with E-state index in [1.165, 1.54) is 16.9 Å². The fourth-order valence-corrected chi connectivity index (χ4v) is 2.05. The molecule has 0 spiro atoms. The molecule has 1 aromatic carbocycles. The quantitative estimate of drug-likeness (QED) is 0.888. The highest BCUT2D eigenvalue weighted by atomic mass is 32.1. The predicted molar refractivity (Wildman–Crippen MR) is 66.8 cm³/mol. The van der Waals surface area contributed by atoms with Gasteiger partial charge in [0.25, 0.3) is 0 Å². The molecule has 0 saturated heterocycles. The van der Waals surface area contributed by atoms with Crippen molar-refractivity contribution in [1.29, 1.82) is 0 Å². The summed E-state index contributed by atoms with van der Waals surface area (Å²) in [4.78, 5) is 4.14. The third-order valence-electron chi connectivity index (χ3n) is 2.28. The maximum Gasteiger partial charge on any atom is 0.180 e. The maximum absolute atomic E-state index is 5.68. The smallest absolute Gasteiger partial charge is 0.180 e. The van der Waals surface area contributed by atoms with Gasteiger partial charge in [-0.2, -0.15) is 0 Å². The van der Waals surface area contributed by atoms with Crippen LogP contribution in [0.15, 0.2) is 23.6 Å². The Hall–Kier alpha value is -1.55. The van der Waals surface area contributed by atoms with Gasteiger partial charge in [-0.05, 0) is 25.5 Å². The lowest BCUT2D eigenvalue weighted by Crippen LogP contribution is -1.98. The van der Waals surface area contributed by atoms with Crippen LogP contribution in [-0.2, 0) is 6.61 Å². The van der Waals surface area contributed by atoms with Crippen molar-refractivity contribution in [3.63, 3.8) is 0 Å². The summed E-state index contributed by atoms with van der Waals surface area (Å²) in [7, 11) is 0. The van der Waals surface area contributed by atoms with Crippen LogP contribution in [0, 0.1) is 13.8 Å². The van der Waals surface area contributed by atoms with Crippen molar-refractivity contribution in [2.45, 2.75) is 20.5 Å². The molecule has 3 nitrogen and oxygen atoms in total. The highest BCUT2D eigenvalue weighted by Gasteiger charge is 2.02. The van der Waals surface area contributed by atoms with E-state index in [-0.39, 0.29) is 0 Å². The van der Waals surface area contributed by atoms with Gasteiger partial charge < -0.3 is 10.5 Å². The van der Waals surface area contributed by atoms with Gasteiger partial charge in [-0.1, -0.05) is 17.7 Å². The summed E-state index contributed by atoms with van der Waals surface area (Å²) in [5.41, 5.74) is 8.81. The van der Waals surface area contributed by atoms with Crippen LogP contribution in [-0.4, -0.2) is 4.98 Å². The minimum atomic E-state index is 0.470. The number of thiazole rings is 1. The fraction of sp³-hybridized carbons (Fsp3) is 0.250. The second-order valence-electron chi connectivity index (χ2n) is 3.73. The van der Waals surface area contributed by atoms with E-state index < -0.39 is 0 Å². The van der Waals surface area contributed by atoms with Crippen molar-refractivity contribution in [1.82, 2.24) is 4.98 Å². The Morgan fingerprint density at radius 3 is 2.81 bits per heavy atom. The molecule has 0 unspecified atom stereocenters. The molecule has 1 heterocycles. The van der Waals surface area contributed by atoms with E-state index in [1.807, 2.05) is 24.4 Å². The van der Waals surface area contributed by atoms with E-state index in [0.29, 0.717) is 11.7 Å². The Kier molecular flexibility index (Phi) is 3.10. The average Bonchev–Trinajstić information content (AvgIpc) is 2.63. The third-order valence-corrected chi connectivity index (χ3v) is 3.00. The molecule has 0 atom stereocenters. The molecule has 0 aliphatic carbocycles. The lowest BCUT2D eigenvalue weighted by atomic mass is 10.1. The Labute approximate surface area is 98.9 Å². The summed E-state index contributed by atoms with van der Waals surface area (Å²) in [6.45, 7) is 4.58. The molecule has 84 valence electrons. The highest BCUT2D eigenvalue weighted by Crippen LogP contribution is 2.20. The number of nitrogens with zero attached hydrogens (tertiary/aromatic N) is 1. The molecule has 0 fully saturated rings. The molecule has 0 bridgehead atoms. The summed E-state index contributed by atoms with van der Waals surface area (Å²) < 4.78 is 5.68. The van der Waals surface area contributed by atoms with E-state index in [1.54, 1.807) is 0 Å². The molecule has 0 aliphatic rings. The van der Waals surface area contributed by atoms with Gasteiger partial charge >= 0.3 is 0 Å². The molecular weight excluding hydrogens is 220 g/mol. The number of benzene rings is 1. The zero-order chi connectivity index (χ0) is 11.5. The van der Waals surface area contributed by atoms with Gasteiger partial charge in [0.15, 0.2) is 5.13 Å².